The van der Waals surface area contributed by atoms with Crippen LogP contribution in [0.3, 0.4) is 0 Å². The van der Waals surface area contributed by atoms with Crippen molar-refractivity contribution >= 4 is 0 Å². The molecule has 0 fully saturated rings. The lowest BCUT2D eigenvalue weighted by Gasteiger charge is -1.87. The Labute approximate surface area is 81.9 Å². The van der Waals surface area contributed by atoms with E-state index in [1.165, 1.54) is 6.33 Å². The Balaban J connectivity index is 2.24. The summed E-state index contributed by atoms with van der Waals surface area (Å²) in [6, 6.07) is 3.72. The van der Waals surface area contributed by atoms with Crippen molar-refractivity contribution in [1.82, 2.24) is 15.0 Å². The van der Waals surface area contributed by atoms with E-state index in [0.717, 1.165) is 11.1 Å². The monoisotopic (exact) mass is 181 g/mol. The summed E-state index contributed by atoms with van der Waals surface area (Å²) in [5.74, 6) is 5.95. The SMILES string of the molecule is C(#Cc1cncnc1)c1ccncc1. The highest BCUT2D eigenvalue weighted by molar-refractivity contribution is 5.39. The third-order valence-electron chi connectivity index (χ3n) is 1.59. The van der Waals surface area contributed by atoms with Gasteiger partial charge >= 0.3 is 0 Å². The zero-order chi connectivity index (χ0) is 9.64. The maximum atomic E-state index is 3.91. The lowest BCUT2D eigenvalue weighted by atomic mass is 10.2. The van der Waals surface area contributed by atoms with Crippen LogP contribution in [0, 0.1) is 11.8 Å². The molecule has 2 heterocycles. The van der Waals surface area contributed by atoms with Crippen molar-refractivity contribution in [3.05, 3.63) is 54.4 Å². The van der Waals surface area contributed by atoms with Gasteiger partial charge in [0.05, 0.1) is 5.56 Å². The second-order valence-corrected chi connectivity index (χ2v) is 2.61. The quantitative estimate of drug-likeness (QED) is 0.574. The van der Waals surface area contributed by atoms with Crippen molar-refractivity contribution in [1.29, 1.82) is 0 Å². The second-order valence-electron chi connectivity index (χ2n) is 2.61. The van der Waals surface area contributed by atoms with Gasteiger partial charge < -0.3 is 0 Å². The molecule has 0 N–H and O–H groups in total. The highest BCUT2D eigenvalue weighted by Gasteiger charge is 1.85. The lowest BCUT2D eigenvalue weighted by Crippen LogP contribution is -1.80. The van der Waals surface area contributed by atoms with Crippen LogP contribution in [0.4, 0.5) is 0 Å². The molecule has 0 saturated heterocycles. The Morgan fingerprint density at radius 2 is 1.43 bits per heavy atom. The minimum absolute atomic E-state index is 0.810. The van der Waals surface area contributed by atoms with E-state index >= 15 is 0 Å². The molecule has 0 saturated carbocycles. The van der Waals surface area contributed by atoms with Crippen molar-refractivity contribution in [2.75, 3.05) is 0 Å². The molecule has 0 aliphatic rings. The van der Waals surface area contributed by atoms with E-state index in [0.29, 0.717) is 0 Å². The molecular formula is C11H7N3. The summed E-state index contributed by atoms with van der Waals surface area (Å²) in [7, 11) is 0. The molecule has 2 aromatic heterocycles. The molecule has 14 heavy (non-hydrogen) atoms. The normalized spacial score (nSPS) is 8.86. The molecule has 0 unspecified atom stereocenters. The summed E-state index contributed by atoms with van der Waals surface area (Å²) < 4.78 is 0. The van der Waals surface area contributed by atoms with E-state index in [2.05, 4.69) is 26.8 Å². The van der Waals surface area contributed by atoms with Crippen molar-refractivity contribution in [2.24, 2.45) is 0 Å². The molecule has 0 spiro atoms. The van der Waals surface area contributed by atoms with Crippen molar-refractivity contribution in [2.45, 2.75) is 0 Å². The molecule has 0 atom stereocenters. The minimum Gasteiger partial charge on any atom is -0.265 e. The Morgan fingerprint density at radius 1 is 0.786 bits per heavy atom. The van der Waals surface area contributed by atoms with E-state index in [9.17, 15) is 0 Å². The number of pyridine rings is 1. The number of nitrogens with zero attached hydrogens (tertiary/aromatic N) is 3. The predicted molar refractivity (Wildman–Crippen MR) is 52.2 cm³/mol. The lowest BCUT2D eigenvalue weighted by molar-refractivity contribution is 1.16. The van der Waals surface area contributed by atoms with Gasteiger partial charge in [-0.25, -0.2) is 9.97 Å². The maximum Gasteiger partial charge on any atom is 0.115 e. The Kier molecular flexibility index (Phi) is 2.49. The Morgan fingerprint density at radius 3 is 2.14 bits per heavy atom. The van der Waals surface area contributed by atoms with Crippen LogP contribution >= 0.6 is 0 Å². The molecule has 0 bridgehead atoms. The van der Waals surface area contributed by atoms with Crippen LogP contribution in [0.25, 0.3) is 0 Å². The van der Waals surface area contributed by atoms with Gasteiger partial charge in [-0.05, 0) is 12.1 Å². The predicted octanol–water partition coefficient (Wildman–Crippen LogP) is 1.27. The van der Waals surface area contributed by atoms with Crippen LogP contribution in [0.5, 0.6) is 0 Å². The fourth-order valence-corrected chi connectivity index (χ4v) is 0.943. The molecule has 2 aromatic rings. The zero-order valence-electron chi connectivity index (χ0n) is 7.38. The van der Waals surface area contributed by atoms with E-state index < -0.39 is 0 Å². The van der Waals surface area contributed by atoms with Gasteiger partial charge in [-0.2, -0.15) is 0 Å². The molecule has 0 aliphatic heterocycles. The van der Waals surface area contributed by atoms with E-state index in [1.807, 2.05) is 12.1 Å². The van der Waals surface area contributed by atoms with Gasteiger partial charge in [-0.1, -0.05) is 11.8 Å². The molecule has 0 aliphatic carbocycles. The average Bonchev–Trinajstić information content (AvgIpc) is 2.29. The zero-order valence-corrected chi connectivity index (χ0v) is 7.38. The largest absolute Gasteiger partial charge is 0.265 e. The molecule has 0 aromatic carbocycles. The number of aromatic nitrogens is 3. The van der Waals surface area contributed by atoms with Crippen LogP contribution in [0.1, 0.15) is 11.1 Å². The second kappa shape index (κ2) is 4.15. The van der Waals surface area contributed by atoms with E-state index in [1.54, 1.807) is 24.8 Å². The molecule has 0 amide bonds. The van der Waals surface area contributed by atoms with Gasteiger partial charge in [0.2, 0.25) is 0 Å². The van der Waals surface area contributed by atoms with Gasteiger partial charge in [0.1, 0.15) is 6.33 Å². The summed E-state index contributed by atoms with van der Waals surface area (Å²) in [5, 5.41) is 0. The summed E-state index contributed by atoms with van der Waals surface area (Å²) in [5.41, 5.74) is 1.74. The summed E-state index contributed by atoms with van der Waals surface area (Å²) >= 11 is 0. The van der Waals surface area contributed by atoms with Crippen LogP contribution in [-0.2, 0) is 0 Å². The van der Waals surface area contributed by atoms with E-state index in [-0.39, 0.29) is 0 Å². The van der Waals surface area contributed by atoms with Gasteiger partial charge in [0, 0.05) is 30.4 Å². The molecule has 66 valence electrons. The summed E-state index contributed by atoms with van der Waals surface area (Å²) in [6.45, 7) is 0. The Hall–Kier alpha value is -2.21. The molecule has 3 nitrogen and oxygen atoms in total. The fraction of sp³-hybridized carbons (Fsp3) is 0. The van der Waals surface area contributed by atoms with Crippen LogP contribution in [0.15, 0.2) is 43.2 Å². The van der Waals surface area contributed by atoms with Crippen LogP contribution < -0.4 is 0 Å². The number of hydrogen-bond donors (Lipinski definition) is 0. The first-order valence-electron chi connectivity index (χ1n) is 4.12. The number of hydrogen-bond acceptors (Lipinski definition) is 3. The smallest absolute Gasteiger partial charge is 0.115 e. The van der Waals surface area contributed by atoms with Gasteiger partial charge in [-0.3, -0.25) is 4.98 Å². The first kappa shape index (κ1) is 8.39. The maximum absolute atomic E-state index is 3.91. The van der Waals surface area contributed by atoms with Gasteiger partial charge in [0.25, 0.3) is 0 Å². The third kappa shape index (κ3) is 2.14. The summed E-state index contributed by atoms with van der Waals surface area (Å²) in [6.07, 6.45) is 8.27. The van der Waals surface area contributed by atoms with Crippen LogP contribution in [0.2, 0.25) is 0 Å². The molecule has 0 radical (unpaired) electrons. The van der Waals surface area contributed by atoms with Crippen molar-refractivity contribution in [3.8, 4) is 11.8 Å². The van der Waals surface area contributed by atoms with Crippen molar-refractivity contribution in [3.63, 3.8) is 0 Å². The van der Waals surface area contributed by atoms with E-state index in [4.69, 9.17) is 0 Å². The number of rotatable bonds is 0. The van der Waals surface area contributed by atoms with Gasteiger partial charge in [-0.15, -0.1) is 0 Å². The Bertz CT molecular complexity index is 411. The molecular weight excluding hydrogens is 174 g/mol. The first-order chi connectivity index (χ1) is 6.95. The molecule has 2 rings (SSSR count). The highest BCUT2D eigenvalue weighted by Crippen LogP contribution is 1.94. The standard InChI is InChI=1S/C11H7N3/c1(10-3-5-12-6-4-10)2-11-7-13-9-14-8-11/h3-9H. The third-order valence-corrected chi connectivity index (χ3v) is 1.59. The minimum atomic E-state index is 0.810. The highest BCUT2D eigenvalue weighted by atomic mass is 14.8. The molecule has 3 heteroatoms. The topological polar surface area (TPSA) is 38.7 Å². The first-order valence-corrected chi connectivity index (χ1v) is 4.12. The fourth-order valence-electron chi connectivity index (χ4n) is 0.943. The van der Waals surface area contributed by atoms with Crippen molar-refractivity contribution < 1.29 is 0 Å². The van der Waals surface area contributed by atoms with Gasteiger partial charge in [0.15, 0.2) is 0 Å². The average molecular weight is 181 g/mol. The summed E-state index contributed by atoms with van der Waals surface area (Å²) in [4.78, 5) is 11.6. The van der Waals surface area contributed by atoms with Crippen LogP contribution in [-0.4, -0.2) is 15.0 Å².